The van der Waals surface area contributed by atoms with Crippen LogP contribution in [0.15, 0.2) is 73.6 Å². The van der Waals surface area contributed by atoms with Crippen LogP contribution in [0, 0.1) is 57.2 Å². The number of benzene rings is 2. The van der Waals surface area contributed by atoms with Gasteiger partial charge in [-0.15, -0.1) is 0 Å². The summed E-state index contributed by atoms with van der Waals surface area (Å²) in [7, 11) is 1.54. The van der Waals surface area contributed by atoms with E-state index in [-0.39, 0.29) is 109 Å². The second kappa shape index (κ2) is 20.3. The van der Waals surface area contributed by atoms with Gasteiger partial charge in [0.1, 0.15) is 28.7 Å². The number of hydrogen-bond donors (Lipinski definition) is 6. The fourth-order valence-electron chi connectivity index (χ4n) is 13.2. The van der Waals surface area contributed by atoms with Crippen LogP contribution in [-0.2, 0) is 0 Å². The Morgan fingerprint density at radius 2 is 1.12 bits per heavy atom. The van der Waals surface area contributed by atoms with Gasteiger partial charge in [-0.1, -0.05) is 68.2 Å². The molecule has 366 valence electrons. The Kier molecular flexibility index (Phi) is 15.4. The molecule has 15 heteroatoms. The number of ether oxygens (including phenoxy) is 1. The molecule has 0 bridgehead atoms. The Hall–Kier alpha value is -5.96. The quantitative estimate of drug-likeness (QED) is 0.0903. The molecule has 4 aliphatic rings. The highest BCUT2D eigenvalue weighted by Gasteiger charge is 2.60. The number of ketones is 2. The van der Waals surface area contributed by atoms with Crippen molar-refractivity contribution < 1.29 is 44.3 Å². The molecule has 15 nitrogen and oxygen atoms in total. The maximum Gasteiger partial charge on any atom is 0.356 e. The van der Waals surface area contributed by atoms with Crippen molar-refractivity contribution in [3.05, 3.63) is 96.1 Å². The van der Waals surface area contributed by atoms with Crippen molar-refractivity contribution in [2.75, 3.05) is 7.11 Å². The Morgan fingerprint density at radius 1 is 0.647 bits per heavy atom. The summed E-state index contributed by atoms with van der Waals surface area (Å²) in [5.41, 5.74) is 7.47. The lowest BCUT2D eigenvalue weighted by atomic mass is 9.45. The number of carbonyl (C=O) groups is 4. The zero-order valence-electron chi connectivity index (χ0n) is 40.9. The van der Waals surface area contributed by atoms with E-state index in [0.29, 0.717) is 22.8 Å². The molecule has 4 aliphatic carbocycles. The molecule has 0 radical (unpaired) electrons. The van der Waals surface area contributed by atoms with Crippen LogP contribution in [0.3, 0.4) is 0 Å². The molecule has 7 N–H and O–H groups in total. The maximum atomic E-state index is 13.9. The zero-order chi connectivity index (χ0) is 49.9. The van der Waals surface area contributed by atoms with Gasteiger partial charge in [0, 0.05) is 72.0 Å². The lowest BCUT2D eigenvalue weighted by molar-refractivity contribution is -0.0902. The number of aromatic carboxylic acids is 1. The van der Waals surface area contributed by atoms with Crippen LogP contribution >= 0.6 is 0 Å². The third kappa shape index (κ3) is 10.7. The molecule has 10 atom stereocenters. The third-order valence-corrected chi connectivity index (χ3v) is 16.4. The van der Waals surface area contributed by atoms with Crippen molar-refractivity contribution in [3.63, 3.8) is 0 Å². The van der Waals surface area contributed by atoms with Crippen molar-refractivity contribution in [1.29, 1.82) is 0 Å². The second-order valence-electron chi connectivity index (χ2n) is 21.6. The highest BCUT2D eigenvalue weighted by atomic mass is 16.5. The molecule has 4 fully saturated rings. The number of aromatic hydroxyl groups is 3. The average molecular weight is 935 g/mol. The summed E-state index contributed by atoms with van der Waals surface area (Å²) in [5, 5.41) is 41.4. The first-order chi connectivity index (χ1) is 31.9. The van der Waals surface area contributed by atoms with Crippen LogP contribution in [0.1, 0.15) is 148 Å². The predicted octanol–water partition coefficient (Wildman–Crippen LogP) is 8.93. The Labute approximate surface area is 399 Å². The second-order valence-corrected chi connectivity index (χ2v) is 21.6. The van der Waals surface area contributed by atoms with E-state index >= 15 is 0 Å². The van der Waals surface area contributed by atoms with Crippen LogP contribution in [0.25, 0.3) is 0 Å². The van der Waals surface area contributed by atoms with Gasteiger partial charge in [0.15, 0.2) is 17.3 Å². The number of methoxy groups -OCH3 is 1. The zero-order valence-corrected chi connectivity index (χ0v) is 40.9. The minimum Gasteiger partial charge on any atom is -0.508 e. The molecule has 0 spiro atoms. The van der Waals surface area contributed by atoms with Crippen molar-refractivity contribution in [1.82, 2.24) is 25.3 Å². The lowest BCUT2D eigenvalue weighted by Crippen LogP contribution is -2.60. The van der Waals surface area contributed by atoms with E-state index in [9.17, 15) is 34.5 Å². The molecule has 2 heterocycles. The number of rotatable bonds is 8. The average Bonchev–Trinajstić information content (AvgIpc) is 3.28. The number of phenolic OH excluding ortho intramolecular Hbond substituents is 3. The summed E-state index contributed by atoms with van der Waals surface area (Å²) in [6, 6.07) is 8.70. The molecule has 4 saturated carbocycles. The molecule has 2 aromatic carbocycles. The Morgan fingerprint density at radius 3 is 1.59 bits per heavy atom. The van der Waals surface area contributed by atoms with Crippen molar-refractivity contribution in [2.45, 2.75) is 119 Å². The number of nitrogens with two attached hydrogens (primary N) is 1. The minimum absolute atomic E-state index is 0.0160. The number of carboxylic acids is 1. The first-order valence-electron chi connectivity index (χ1n) is 23.7. The number of nitrogens with one attached hydrogen (secondary N) is 1. The minimum atomic E-state index is -1.05. The van der Waals surface area contributed by atoms with Crippen molar-refractivity contribution in [2.24, 2.45) is 62.9 Å². The number of carboxylic acid groups (broad SMARTS) is 1. The van der Waals surface area contributed by atoms with Gasteiger partial charge >= 0.3 is 5.97 Å². The number of aromatic nitrogens is 4. The molecule has 4 aromatic rings. The van der Waals surface area contributed by atoms with E-state index < -0.39 is 5.97 Å². The van der Waals surface area contributed by atoms with Crippen LogP contribution in [-0.4, -0.2) is 83.0 Å². The van der Waals surface area contributed by atoms with E-state index in [1.54, 1.807) is 19.2 Å². The molecule has 8 rings (SSSR count). The van der Waals surface area contributed by atoms with Crippen LogP contribution in [0.2, 0.25) is 0 Å². The van der Waals surface area contributed by atoms with Gasteiger partial charge in [0.2, 0.25) is 0 Å². The molecule has 68 heavy (non-hydrogen) atoms. The van der Waals surface area contributed by atoms with E-state index in [4.69, 9.17) is 15.6 Å². The first-order valence-corrected chi connectivity index (χ1v) is 23.7. The molecule has 0 saturated heterocycles. The summed E-state index contributed by atoms with van der Waals surface area (Å²) in [6.45, 7) is 17.8. The van der Waals surface area contributed by atoms with Gasteiger partial charge in [0.25, 0.3) is 5.91 Å². The van der Waals surface area contributed by atoms with Gasteiger partial charge in [-0.25, -0.2) is 14.8 Å². The number of Topliss-reactive ketones (excluding diaryl/α,β-unsaturated/α-hetero) is 2. The molecular weight excluding hydrogens is 865 g/mol. The highest BCUT2D eigenvalue weighted by molar-refractivity contribution is 6.00. The van der Waals surface area contributed by atoms with Gasteiger partial charge in [-0.05, 0) is 108 Å². The molecule has 0 aliphatic heterocycles. The largest absolute Gasteiger partial charge is 0.508 e. The van der Waals surface area contributed by atoms with Gasteiger partial charge in [0.05, 0.1) is 19.5 Å². The number of fused-ring (bicyclic) bond motifs is 2. The summed E-state index contributed by atoms with van der Waals surface area (Å²) in [5.74, 6) is -0.941. The number of nitrogens with zero attached hydrogens (tertiary/aromatic N) is 4. The van der Waals surface area contributed by atoms with Crippen molar-refractivity contribution in [3.8, 4) is 23.0 Å². The van der Waals surface area contributed by atoms with Crippen LogP contribution < -0.4 is 15.8 Å². The van der Waals surface area contributed by atoms with Gasteiger partial charge in [-0.3, -0.25) is 24.4 Å². The highest BCUT2D eigenvalue weighted by Crippen LogP contribution is 2.63. The molecule has 1 amide bonds. The van der Waals surface area contributed by atoms with E-state index in [1.807, 2.05) is 6.92 Å². The lowest BCUT2D eigenvalue weighted by Gasteiger charge is -2.60. The molecule has 0 unspecified atom stereocenters. The Balaban J connectivity index is 0.000000193. The molecule has 2 aromatic heterocycles. The predicted molar refractivity (Wildman–Crippen MR) is 256 cm³/mol. The summed E-state index contributed by atoms with van der Waals surface area (Å²) in [4.78, 5) is 65.8. The summed E-state index contributed by atoms with van der Waals surface area (Å²) >= 11 is 0. The van der Waals surface area contributed by atoms with Crippen LogP contribution in [0.5, 0.6) is 23.0 Å². The third-order valence-electron chi connectivity index (χ3n) is 16.4. The van der Waals surface area contributed by atoms with E-state index in [2.05, 4.69) is 73.7 Å². The number of hydrogen-bond acceptors (Lipinski definition) is 13. The summed E-state index contributed by atoms with van der Waals surface area (Å²) in [6.07, 6.45) is 16.6. The SMILES string of the molecule is COc1cc(O)cc(C(=O)[C@H]2[C@H](C)[C@H](N)C[C@H]3C(C)(C)CCC[C@]23C)c1.C[C@@H]1[C@H](NC(=O)c2cnccn2)C[C@H]2C(C)(C)CCC[C@]2(C)[C@H]1C(=O)c1cc(O)cc(O)c1.O=C(O)c1cnccn1. The van der Waals surface area contributed by atoms with Gasteiger partial charge in [-0.2, -0.15) is 0 Å². The maximum absolute atomic E-state index is 13.9. The van der Waals surface area contributed by atoms with Crippen LogP contribution in [0.4, 0.5) is 0 Å². The summed E-state index contributed by atoms with van der Waals surface area (Å²) < 4.78 is 5.25. The topological polar surface area (TPSA) is 248 Å². The Bertz CT molecular complexity index is 2430. The number of amides is 1. The standard InChI is InChI=1S/C26H33N3O4.C22H33NO3.C5H4N2O2/c1-15-19(29-24(33)20-14-27-8-9-28-20)13-21-25(2,3)6-5-7-26(21,4)22(15)23(32)16-10-17(30)12-18(31)11-16;1-13-17(23)12-18-21(2,3)7-6-8-22(18,4)19(13)20(25)14-9-15(24)11-16(10-14)26-5;8-5(9)4-3-6-1-2-7-4/h8-12,14-15,19,21-22,30-31H,5-7,13H2,1-4H3,(H,29,33);9-11,13,17-19,24H,6-8,12,23H2,1-5H3;1-3H,(H,8,9)/t15-,19-,21+,22-,26+;13-,17-,18+,19-,22+;/m11./s1. The van der Waals surface area contributed by atoms with E-state index in [1.165, 1.54) is 67.9 Å². The number of phenols is 3. The van der Waals surface area contributed by atoms with Crippen molar-refractivity contribution >= 4 is 23.4 Å². The first kappa shape index (κ1) is 51.4. The fourth-order valence-corrected chi connectivity index (χ4v) is 13.2. The normalized spacial score (nSPS) is 30.0. The van der Waals surface area contributed by atoms with E-state index in [0.717, 1.165) is 44.9 Å². The number of carbonyl (C=O) groups excluding carboxylic acids is 3. The monoisotopic (exact) mass is 935 g/mol. The smallest absolute Gasteiger partial charge is 0.356 e. The molecular formula is C53H70N6O9. The fraction of sp³-hybridized carbons (Fsp3) is 0.547. The van der Waals surface area contributed by atoms with Gasteiger partial charge < -0.3 is 36.2 Å².